The second kappa shape index (κ2) is 6.77. The number of hydrogen-bond donors (Lipinski definition) is 1. The van der Waals surface area contributed by atoms with Crippen LogP contribution in [0.15, 0.2) is 0 Å². The van der Waals surface area contributed by atoms with E-state index >= 15 is 0 Å². The summed E-state index contributed by atoms with van der Waals surface area (Å²) in [6.07, 6.45) is 2.94. The Kier molecular flexibility index (Phi) is 6.48. The molecule has 0 saturated heterocycles. The van der Waals surface area contributed by atoms with Crippen molar-refractivity contribution in [3.05, 3.63) is 0 Å². The van der Waals surface area contributed by atoms with Gasteiger partial charge in [0.15, 0.2) is 0 Å². The Morgan fingerprint density at radius 3 is 2.53 bits per heavy atom. The monoisotopic (exact) mass is 219 g/mol. The van der Waals surface area contributed by atoms with Gasteiger partial charge in [-0.1, -0.05) is 19.8 Å². The van der Waals surface area contributed by atoms with Gasteiger partial charge in [0.25, 0.3) is 0 Å². The van der Waals surface area contributed by atoms with Crippen molar-refractivity contribution in [1.29, 1.82) is 0 Å². The molecule has 0 rings (SSSR count). The van der Waals surface area contributed by atoms with E-state index in [2.05, 4.69) is 6.92 Å². The predicted molar refractivity (Wildman–Crippen MR) is 58.3 cm³/mol. The minimum absolute atomic E-state index is 0.000386. The second-order valence-electron chi connectivity index (χ2n) is 4.40. The molecule has 90 valence electrons. The fourth-order valence-electron chi connectivity index (χ4n) is 1.24. The highest BCUT2D eigenvalue weighted by molar-refractivity contribution is 5.75. The van der Waals surface area contributed by atoms with Crippen LogP contribution in [0, 0.1) is 0 Å². The number of rotatable bonds is 7. The molecule has 0 spiro atoms. The molecular formula is C11H22FNO2. The Morgan fingerprint density at radius 1 is 1.47 bits per heavy atom. The van der Waals surface area contributed by atoms with E-state index in [1.807, 2.05) is 0 Å². The Balaban J connectivity index is 3.70. The minimum Gasteiger partial charge on any atom is -0.465 e. The molecule has 0 heterocycles. The number of halogens is 1. The highest BCUT2D eigenvalue weighted by Gasteiger charge is 2.25. The van der Waals surface area contributed by atoms with Crippen LogP contribution in [-0.2, 0) is 9.53 Å². The van der Waals surface area contributed by atoms with Gasteiger partial charge >= 0.3 is 5.97 Å². The molecule has 0 aliphatic heterocycles. The van der Waals surface area contributed by atoms with Gasteiger partial charge in [-0.2, -0.15) is 0 Å². The molecule has 1 atom stereocenters. The van der Waals surface area contributed by atoms with Gasteiger partial charge in [-0.25, -0.2) is 4.39 Å². The molecule has 0 radical (unpaired) electrons. The topological polar surface area (TPSA) is 52.3 Å². The van der Waals surface area contributed by atoms with Gasteiger partial charge in [-0.15, -0.1) is 0 Å². The van der Waals surface area contributed by atoms with E-state index in [0.29, 0.717) is 6.61 Å². The maximum Gasteiger partial charge on any atom is 0.323 e. The third-order valence-corrected chi connectivity index (χ3v) is 2.00. The van der Waals surface area contributed by atoms with E-state index in [9.17, 15) is 9.18 Å². The number of carbonyl (C=O) groups excluding carboxylic acids is 1. The molecule has 0 aromatic heterocycles. The van der Waals surface area contributed by atoms with Gasteiger partial charge in [0, 0.05) is 6.42 Å². The van der Waals surface area contributed by atoms with Gasteiger partial charge in [0.2, 0.25) is 0 Å². The molecule has 2 N–H and O–H groups in total. The van der Waals surface area contributed by atoms with Crippen molar-refractivity contribution in [2.75, 3.05) is 6.61 Å². The third kappa shape index (κ3) is 8.36. The van der Waals surface area contributed by atoms with Crippen LogP contribution >= 0.6 is 0 Å². The average molecular weight is 219 g/mol. The largest absolute Gasteiger partial charge is 0.465 e. The van der Waals surface area contributed by atoms with E-state index in [-0.39, 0.29) is 6.42 Å². The molecule has 0 aromatic carbocycles. The standard InChI is InChI=1S/C11H22FNO2/c1-4-5-6-7-15-10(14)9(13)8-11(2,3)12/h9H,4-8,13H2,1-3H3/t9-/m0/s1. The normalized spacial score (nSPS) is 13.7. The van der Waals surface area contributed by atoms with Crippen LogP contribution < -0.4 is 5.73 Å². The maximum atomic E-state index is 13.2. The van der Waals surface area contributed by atoms with E-state index in [4.69, 9.17) is 10.5 Å². The summed E-state index contributed by atoms with van der Waals surface area (Å²) in [6, 6.07) is -0.855. The summed E-state index contributed by atoms with van der Waals surface area (Å²) in [7, 11) is 0. The number of nitrogens with two attached hydrogens (primary N) is 1. The first-order chi connectivity index (χ1) is 6.87. The van der Waals surface area contributed by atoms with Gasteiger partial charge in [-0.05, 0) is 20.3 Å². The van der Waals surface area contributed by atoms with Crippen LogP contribution in [0.1, 0.15) is 46.5 Å². The van der Waals surface area contributed by atoms with Crippen molar-refractivity contribution in [1.82, 2.24) is 0 Å². The lowest BCUT2D eigenvalue weighted by molar-refractivity contribution is -0.146. The third-order valence-electron chi connectivity index (χ3n) is 2.00. The molecule has 0 amide bonds. The highest BCUT2D eigenvalue weighted by atomic mass is 19.1. The number of carbonyl (C=O) groups is 1. The van der Waals surface area contributed by atoms with E-state index < -0.39 is 17.7 Å². The number of hydrogen-bond acceptors (Lipinski definition) is 3. The molecule has 0 bridgehead atoms. The zero-order chi connectivity index (χ0) is 11.9. The lowest BCUT2D eigenvalue weighted by Gasteiger charge is -2.18. The average Bonchev–Trinajstić information content (AvgIpc) is 2.09. The maximum absolute atomic E-state index is 13.2. The molecule has 0 aromatic rings. The summed E-state index contributed by atoms with van der Waals surface area (Å²) >= 11 is 0. The van der Waals surface area contributed by atoms with Crippen molar-refractivity contribution < 1.29 is 13.9 Å². The Morgan fingerprint density at radius 2 is 2.07 bits per heavy atom. The van der Waals surface area contributed by atoms with E-state index in [1.54, 1.807) is 0 Å². The molecule has 0 unspecified atom stereocenters. The van der Waals surface area contributed by atoms with Crippen molar-refractivity contribution in [2.45, 2.75) is 58.2 Å². The summed E-state index contributed by atoms with van der Waals surface area (Å²) in [5.41, 5.74) is 4.07. The van der Waals surface area contributed by atoms with Crippen molar-refractivity contribution in [3.8, 4) is 0 Å². The molecule has 0 fully saturated rings. The SMILES string of the molecule is CCCCCOC(=O)[C@@H](N)CC(C)(C)F. The van der Waals surface area contributed by atoms with Gasteiger partial charge in [0.1, 0.15) is 11.7 Å². The summed E-state index contributed by atoms with van der Waals surface area (Å²) in [5.74, 6) is -0.503. The van der Waals surface area contributed by atoms with E-state index in [0.717, 1.165) is 19.3 Å². The van der Waals surface area contributed by atoms with Gasteiger partial charge in [0.05, 0.1) is 6.61 Å². The first kappa shape index (κ1) is 14.4. The van der Waals surface area contributed by atoms with Crippen molar-refractivity contribution in [2.24, 2.45) is 5.73 Å². The molecule has 0 saturated carbocycles. The fourth-order valence-corrected chi connectivity index (χ4v) is 1.24. The smallest absolute Gasteiger partial charge is 0.323 e. The molecule has 0 aliphatic rings. The Bertz CT molecular complexity index is 190. The van der Waals surface area contributed by atoms with Crippen molar-refractivity contribution >= 4 is 5.97 Å². The number of alkyl halides is 1. The molecule has 15 heavy (non-hydrogen) atoms. The summed E-state index contributed by atoms with van der Waals surface area (Å²) in [6.45, 7) is 5.25. The first-order valence-electron chi connectivity index (χ1n) is 5.48. The minimum atomic E-state index is -1.43. The van der Waals surface area contributed by atoms with Gasteiger partial charge in [-0.3, -0.25) is 4.79 Å². The number of unbranched alkanes of at least 4 members (excludes halogenated alkanes) is 2. The van der Waals surface area contributed by atoms with Gasteiger partial charge < -0.3 is 10.5 Å². The quantitative estimate of drug-likeness (QED) is 0.527. The molecule has 0 aliphatic carbocycles. The first-order valence-corrected chi connectivity index (χ1v) is 5.48. The molecule has 3 nitrogen and oxygen atoms in total. The Labute approximate surface area is 91.2 Å². The number of ether oxygens (including phenoxy) is 1. The Hall–Kier alpha value is -0.640. The molecular weight excluding hydrogens is 197 g/mol. The van der Waals surface area contributed by atoms with Crippen LogP contribution in [-0.4, -0.2) is 24.3 Å². The van der Waals surface area contributed by atoms with Crippen LogP contribution in [0.4, 0.5) is 4.39 Å². The lowest BCUT2D eigenvalue weighted by atomic mass is 10.0. The number of esters is 1. The van der Waals surface area contributed by atoms with E-state index in [1.165, 1.54) is 13.8 Å². The molecule has 4 heteroatoms. The predicted octanol–water partition coefficient (Wildman–Crippen LogP) is 2.19. The van der Waals surface area contributed by atoms with Crippen LogP contribution in [0.3, 0.4) is 0 Å². The fraction of sp³-hybridized carbons (Fsp3) is 0.909. The summed E-state index contributed by atoms with van der Waals surface area (Å²) in [4.78, 5) is 11.3. The highest BCUT2D eigenvalue weighted by Crippen LogP contribution is 2.15. The zero-order valence-electron chi connectivity index (χ0n) is 9.88. The van der Waals surface area contributed by atoms with Crippen molar-refractivity contribution in [3.63, 3.8) is 0 Å². The van der Waals surface area contributed by atoms with Crippen LogP contribution in [0.2, 0.25) is 0 Å². The van der Waals surface area contributed by atoms with Crippen LogP contribution in [0.25, 0.3) is 0 Å². The zero-order valence-corrected chi connectivity index (χ0v) is 9.88. The second-order valence-corrected chi connectivity index (χ2v) is 4.40. The van der Waals surface area contributed by atoms with Crippen LogP contribution in [0.5, 0.6) is 0 Å². The summed E-state index contributed by atoms with van der Waals surface area (Å²) in [5, 5.41) is 0. The lowest BCUT2D eigenvalue weighted by Crippen LogP contribution is -2.37. The summed E-state index contributed by atoms with van der Waals surface area (Å²) < 4.78 is 18.1.